The van der Waals surface area contributed by atoms with E-state index in [0.717, 1.165) is 25.3 Å². The minimum Gasteiger partial charge on any atom is -0.322 e. The van der Waals surface area contributed by atoms with E-state index in [-0.39, 0.29) is 16.2 Å². The van der Waals surface area contributed by atoms with Crippen LogP contribution in [-0.4, -0.2) is 20.4 Å². The maximum atomic E-state index is 14.2. The second kappa shape index (κ2) is 8.85. The molecule has 1 amide bonds. The molecule has 156 valence electrons. The highest BCUT2D eigenvalue weighted by Gasteiger charge is 2.27. The number of sulfonamides is 1. The zero-order valence-corrected chi connectivity index (χ0v) is 17.5. The van der Waals surface area contributed by atoms with Crippen LogP contribution in [0.4, 0.5) is 18.9 Å². The van der Waals surface area contributed by atoms with E-state index in [2.05, 4.69) is 26.0 Å². The minimum absolute atomic E-state index is 0.0785. The molecule has 0 atom stereocenters. The van der Waals surface area contributed by atoms with Crippen molar-refractivity contribution in [2.75, 3.05) is 5.32 Å². The first-order valence-electron chi connectivity index (χ1n) is 8.95. The first kappa shape index (κ1) is 21.8. The van der Waals surface area contributed by atoms with Gasteiger partial charge in [0, 0.05) is 17.8 Å². The summed E-state index contributed by atoms with van der Waals surface area (Å²) in [6.45, 7) is 0. The monoisotopic (exact) mass is 490 g/mol. The Morgan fingerprint density at radius 1 is 0.966 bits per heavy atom. The van der Waals surface area contributed by atoms with Gasteiger partial charge < -0.3 is 5.32 Å². The Hall–Kier alpha value is -1.91. The first-order valence-corrected chi connectivity index (χ1v) is 11.2. The van der Waals surface area contributed by atoms with Crippen molar-refractivity contribution in [3.8, 4) is 0 Å². The second-order valence-electron chi connectivity index (χ2n) is 6.80. The summed E-state index contributed by atoms with van der Waals surface area (Å²) in [6.07, 6.45) is 4.00. The van der Waals surface area contributed by atoms with Crippen LogP contribution in [0.3, 0.4) is 0 Å². The summed E-state index contributed by atoms with van der Waals surface area (Å²) >= 11 is 2.96. The zero-order valence-electron chi connectivity index (χ0n) is 15.1. The van der Waals surface area contributed by atoms with Gasteiger partial charge in [-0.25, -0.2) is 26.3 Å². The third-order valence-electron chi connectivity index (χ3n) is 4.66. The lowest BCUT2D eigenvalue weighted by atomic mass is 9.96. The van der Waals surface area contributed by atoms with Crippen molar-refractivity contribution in [2.24, 2.45) is 0 Å². The Labute approximate surface area is 174 Å². The molecule has 1 saturated carbocycles. The van der Waals surface area contributed by atoms with Gasteiger partial charge in [0.05, 0.1) is 10.0 Å². The highest BCUT2D eigenvalue weighted by molar-refractivity contribution is 9.10. The van der Waals surface area contributed by atoms with Crippen LogP contribution >= 0.6 is 15.9 Å². The largest absolute Gasteiger partial charge is 0.322 e. The molecular formula is C19H18BrF3N2O3S. The number of benzene rings is 2. The summed E-state index contributed by atoms with van der Waals surface area (Å²) in [5, 5.41) is 2.33. The number of carbonyl (C=O) groups excluding carboxylic acids is 1. The second-order valence-corrected chi connectivity index (χ2v) is 9.34. The molecule has 5 nitrogen and oxygen atoms in total. The van der Waals surface area contributed by atoms with Crippen LogP contribution < -0.4 is 10.0 Å². The van der Waals surface area contributed by atoms with E-state index in [1.807, 2.05) is 0 Å². The molecule has 2 aromatic carbocycles. The fourth-order valence-corrected chi connectivity index (χ4v) is 4.95. The van der Waals surface area contributed by atoms with Crippen molar-refractivity contribution in [3.05, 3.63) is 57.8 Å². The Morgan fingerprint density at radius 2 is 1.66 bits per heavy atom. The van der Waals surface area contributed by atoms with Crippen molar-refractivity contribution in [3.63, 3.8) is 0 Å². The van der Waals surface area contributed by atoms with Crippen LogP contribution in [0.25, 0.3) is 0 Å². The Kier molecular flexibility index (Phi) is 6.65. The summed E-state index contributed by atoms with van der Waals surface area (Å²) in [5.41, 5.74) is -0.493. The van der Waals surface area contributed by atoms with Crippen molar-refractivity contribution < 1.29 is 26.4 Å². The van der Waals surface area contributed by atoms with E-state index in [9.17, 15) is 26.4 Å². The number of carbonyl (C=O) groups is 1. The van der Waals surface area contributed by atoms with Crippen LogP contribution in [-0.2, 0) is 10.0 Å². The number of hydrogen-bond acceptors (Lipinski definition) is 3. The topological polar surface area (TPSA) is 75.3 Å². The fraction of sp³-hybridized carbons (Fsp3) is 0.316. The maximum Gasteiger partial charge on any atom is 0.258 e. The quantitative estimate of drug-likeness (QED) is 0.635. The zero-order chi connectivity index (χ0) is 21.2. The van der Waals surface area contributed by atoms with Crippen LogP contribution in [0.1, 0.15) is 42.5 Å². The summed E-state index contributed by atoms with van der Waals surface area (Å²) in [4.78, 5) is 11.6. The average Bonchev–Trinajstić information content (AvgIpc) is 2.65. The molecule has 3 rings (SSSR count). The van der Waals surface area contributed by atoms with Crippen molar-refractivity contribution in [2.45, 2.75) is 43.0 Å². The normalized spacial score (nSPS) is 15.3. The fourth-order valence-electron chi connectivity index (χ4n) is 3.18. The molecule has 0 saturated heterocycles. The Morgan fingerprint density at radius 3 is 2.31 bits per heavy atom. The van der Waals surface area contributed by atoms with Gasteiger partial charge in [0.2, 0.25) is 10.0 Å². The van der Waals surface area contributed by atoms with Gasteiger partial charge in [0.1, 0.15) is 22.3 Å². The molecule has 1 aliphatic rings. The van der Waals surface area contributed by atoms with Crippen molar-refractivity contribution >= 4 is 37.5 Å². The van der Waals surface area contributed by atoms with Gasteiger partial charge in [-0.05, 0) is 53.0 Å². The van der Waals surface area contributed by atoms with Gasteiger partial charge in [0.15, 0.2) is 0 Å². The maximum absolute atomic E-state index is 14.2. The number of hydrogen-bond donors (Lipinski definition) is 2. The predicted octanol–water partition coefficient (Wildman–Crippen LogP) is 4.73. The molecule has 0 spiro atoms. The number of halogens is 4. The highest BCUT2D eigenvalue weighted by atomic mass is 79.9. The summed E-state index contributed by atoms with van der Waals surface area (Å²) < 4.78 is 69.4. The molecule has 0 unspecified atom stereocenters. The first-order chi connectivity index (χ1) is 13.7. The SMILES string of the molecule is O=C(Nc1ccc(F)c(Br)c1)c1cc(S(=O)(=O)NC2CCCCC2)c(F)cc1F. The molecule has 0 heterocycles. The Balaban J connectivity index is 1.88. The van der Waals surface area contributed by atoms with Gasteiger partial charge in [0.25, 0.3) is 5.91 Å². The smallest absolute Gasteiger partial charge is 0.258 e. The number of amides is 1. The van der Waals surface area contributed by atoms with Gasteiger partial charge >= 0.3 is 0 Å². The molecule has 0 aliphatic heterocycles. The van der Waals surface area contributed by atoms with Gasteiger partial charge in [-0.1, -0.05) is 19.3 Å². The van der Waals surface area contributed by atoms with E-state index < -0.39 is 43.8 Å². The Bertz CT molecular complexity index is 1040. The standard InChI is InChI=1S/C19H18BrF3N2O3S/c20-14-8-12(6-7-15(14)21)24-19(26)13-9-18(17(23)10-16(13)22)29(27,28)25-11-4-2-1-3-5-11/h6-11,25H,1-5H2,(H,24,26). The van der Waals surface area contributed by atoms with Gasteiger partial charge in [-0.15, -0.1) is 0 Å². The summed E-state index contributed by atoms with van der Waals surface area (Å²) in [7, 11) is -4.28. The summed E-state index contributed by atoms with van der Waals surface area (Å²) in [5.74, 6) is -4.04. The van der Waals surface area contributed by atoms with Crippen LogP contribution in [0, 0.1) is 17.5 Å². The number of rotatable bonds is 5. The molecule has 0 bridgehead atoms. The van der Waals surface area contributed by atoms with E-state index in [4.69, 9.17) is 0 Å². The number of anilines is 1. The van der Waals surface area contributed by atoms with E-state index in [1.54, 1.807) is 0 Å². The van der Waals surface area contributed by atoms with Gasteiger partial charge in [-0.3, -0.25) is 4.79 Å². The lowest BCUT2D eigenvalue weighted by molar-refractivity contribution is 0.102. The van der Waals surface area contributed by atoms with Crippen molar-refractivity contribution in [1.29, 1.82) is 0 Å². The minimum atomic E-state index is -4.28. The molecule has 0 radical (unpaired) electrons. The predicted molar refractivity (Wildman–Crippen MR) is 106 cm³/mol. The van der Waals surface area contributed by atoms with E-state index >= 15 is 0 Å². The molecule has 2 N–H and O–H groups in total. The van der Waals surface area contributed by atoms with Crippen LogP contribution in [0.5, 0.6) is 0 Å². The van der Waals surface area contributed by atoms with Gasteiger partial charge in [-0.2, -0.15) is 0 Å². The molecule has 2 aromatic rings. The van der Waals surface area contributed by atoms with Crippen LogP contribution in [0.15, 0.2) is 39.7 Å². The molecule has 1 fully saturated rings. The number of nitrogens with one attached hydrogen (secondary N) is 2. The molecule has 29 heavy (non-hydrogen) atoms. The lowest BCUT2D eigenvalue weighted by Crippen LogP contribution is -2.36. The van der Waals surface area contributed by atoms with Crippen molar-refractivity contribution in [1.82, 2.24) is 4.72 Å². The third-order valence-corrected chi connectivity index (χ3v) is 6.80. The van der Waals surface area contributed by atoms with E-state index in [0.29, 0.717) is 25.0 Å². The summed E-state index contributed by atoms with van der Waals surface area (Å²) in [6, 6.07) is 4.31. The molecule has 1 aliphatic carbocycles. The average molecular weight is 491 g/mol. The van der Waals surface area contributed by atoms with Crippen LogP contribution in [0.2, 0.25) is 0 Å². The highest BCUT2D eigenvalue weighted by Crippen LogP contribution is 2.25. The van der Waals surface area contributed by atoms with E-state index in [1.165, 1.54) is 12.1 Å². The molecular weight excluding hydrogens is 473 g/mol. The lowest BCUT2D eigenvalue weighted by Gasteiger charge is -2.22. The molecule has 0 aromatic heterocycles. The third kappa shape index (κ3) is 5.18. The molecule has 10 heteroatoms.